The van der Waals surface area contributed by atoms with Crippen LogP contribution in [0.4, 0.5) is 0 Å². The molecule has 1 aliphatic rings. The number of hydrogen-bond acceptors (Lipinski definition) is 6. The first kappa shape index (κ1) is 16.2. The van der Waals surface area contributed by atoms with Crippen LogP contribution in [0.2, 0.25) is 0 Å². The van der Waals surface area contributed by atoms with Crippen molar-refractivity contribution in [2.24, 2.45) is 0 Å². The van der Waals surface area contributed by atoms with Gasteiger partial charge in [-0.3, -0.25) is 9.89 Å². The number of morpholine rings is 1. The fourth-order valence-corrected chi connectivity index (χ4v) is 4.33. The van der Waals surface area contributed by atoms with Gasteiger partial charge in [0.2, 0.25) is 0 Å². The highest BCUT2D eigenvalue weighted by molar-refractivity contribution is 7.90. The van der Waals surface area contributed by atoms with E-state index >= 15 is 0 Å². The number of H-pyrrole nitrogens is 1. The number of amides is 1. The van der Waals surface area contributed by atoms with Gasteiger partial charge in [-0.2, -0.15) is 5.10 Å². The van der Waals surface area contributed by atoms with Crippen molar-refractivity contribution in [3.63, 3.8) is 0 Å². The number of ether oxygens (including phenoxy) is 1. The number of aromatic amines is 1. The zero-order valence-electron chi connectivity index (χ0n) is 12.8. The first-order chi connectivity index (χ1) is 10.9. The Bertz CT molecular complexity index is 825. The molecule has 23 heavy (non-hydrogen) atoms. The number of thiophene rings is 1. The molecule has 1 atom stereocenters. The second-order valence-electron chi connectivity index (χ2n) is 5.44. The second kappa shape index (κ2) is 6.06. The minimum atomic E-state index is -3.44. The van der Waals surface area contributed by atoms with Crippen molar-refractivity contribution in [1.82, 2.24) is 15.1 Å². The average Bonchev–Trinajstić information content (AvgIpc) is 3.14. The van der Waals surface area contributed by atoms with Crippen LogP contribution in [0.15, 0.2) is 22.5 Å². The molecule has 9 heteroatoms. The summed E-state index contributed by atoms with van der Waals surface area (Å²) in [5.74, 6) is -0.111. The largest absolute Gasteiger partial charge is 0.377 e. The molecule has 1 unspecified atom stereocenters. The van der Waals surface area contributed by atoms with Crippen molar-refractivity contribution in [3.05, 3.63) is 33.8 Å². The Morgan fingerprint density at radius 1 is 1.52 bits per heavy atom. The molecule has 1 saturated heterocycles. The SMILES string of the molecule is Cc1ccsc1C(=O)N1CCOCC1c1[nH]ncc1S(C)(=O)=O. The van der Waals surface area contributed by atoms with Crippen LogP contribution < -0.4 is 0 Å². The Balaban J connectivity index is 1.99. The maximum atomic E-state index is 12.8. The number of carbonyl (C=O) groups excluding carboxylic acids is 1. The van der Waals surface area contributed by atoms with E-state index in [1.807, 2.05) is 18.4 Å². The molecule has 3 heterocycles. The van der Waals surface area contributed by atoms with Gasteiger partial charge in [-0.15, -0.1) is 11.3 Å². The summed E-state index contributed by atoms with van der Waals surface area (Å²) in [7, 11) is -3.44. The van der Waals surface area contributed by atoms with E-state index in [9.17, 15) is 13.2 Å². The van der Waals surface area contributed by atoms with Gasteiger partial charge in [-0.1, -0.05) is 0 Å². The van der Waals surface area contributed by atoms with Crippen molar-refractivity contribution < 1.29 is 17.9 Å². The van der Waals surface area contributed by atoms with Gasteiger partial charge >= 0.3 is 0 Å². The maximum Gasteiger partial charge on any atom is 0.264 e. The van der Waals surface area contributed by atoms with E-state index in [2.05, 4.69) is 10.2 Å². The van der Waals surface area contributed by atoms with Crippen molar-refractivity contribution >= 4 is 27.1 Å². The molecular formula is C14H17N3O4S2. The van der Waals surface area contributed by atoms with E-state index in [0.717, 1.165) is 11.8 Å². The average molecular weight is 355 g/mol. The Labute approximate surface area is 138 Å². The van der Waals surface area contributed by atoms with E-state index in [-0.39, 0.29) is 17.4 Å². The molecule has 0 radical (unpaired) electrons. The molecule has 0 aromatic carbocycles. The standard InChI is InChI=1S/C14H17N3O4S2/c1-9-3-6-22-13(9)14(18)17-4-5-21-8-10(17)12-11(7-15-16-12)23(2,19)20/h3,6-7,10H,4-5,8H2,1-2H3,(H,15,16). The predicted molar refractivity (Wildman–Crippen MR) is 85.4 cm³/mol. The number of nitrogens with zero attached hydrogens (tertiary/aromatic N) is 2. The minimum Gasteiger partial charge on any atom is -0.377 e. The predicted octanol–water partition coefficient (Wildman–Crippen LogP) is 1.40. The summed E-state index contributed by atoms with van der Waals surface area (Å²) >= 11 is 1.38. The van der Waals surface area contributed by atoms with Gasteiger partial charge in [0.1, 0.15) is 4.90 Å². The van der Waals surface area contributed by atoms with Gasteiger partial charge in [-0.25, -0.2) is 8.42 Å². The molecule has 7 nitrogen and oxygen atoms in total. The van der Waals surface area contributed by atoms with E-state index in [4.69, 9.17) is 4.74 Å². The lowest BCUT2D eigenvalue weighted by molar-refractivity contribution is -0.00445. The van der Waals surface area contributed by atoms with Crippen LogP contribution in [0.25, 0.3) is 0 Å². The van der Waals surface area contributed by atoms with Crippen molar-refractivity contribution in [1.29, 1.82) is 0 Å². The third-order valence-corrected chi connectivity index (χ3v) is 5.94. The van der Waals surface area contributed by atoms with Crippen LogP contribution in [-0.4, -0.2) is 55.4 Å². The normalized spacial score (nSPS) is 19.0. The summed E-state index contributed by atoms with van der Waals surface area (Å²) in [6.07, 6.45) is 2.40. The van der Waals surface area contributed by atoms with Gasteiger partial charge in [0.25, 0.3) is 5.91 Å². The van der Waals surface area contributed by atoms with Gasteiger partial charge in [-0.05, 0) is 23.9 Å². The highest BCUT2D eigenvalue weighted by atomic mass is 32.2. The zero-order valence-corrected chi connectivity index (χ0v) is 14.4. The van der Waals surface area contributed by atoms with Crippen LogP contribution in [0.3, 0.4) is 0 Å². The molecule has 0 aliphatic carbocycles. The number of carbonyl (C=O) groups is 1. The minimum absolute atomic E-state index is 0.105. The molecule has 124 valence electrons. The number of hydrogen-bond donors (Lipinski definition) is 1. The van der Waals surface area contributed by atoms with Gasteiger partial charge in [0, 0.05) is 12.8 Å². The van der Waals surface area contributed by atoms with Crippen LogP contribution in [-0.2, 0) is 14.6 Å². The lowest BCUT2D eigenvalue weighted by atomic mass is 10.1. The summed E-state index contributed by atoms with van der Waals surface area (Å²) in [4.78, 5) is 15.3. The first-order valence-electron chi connectivity index (χ1n) is 7.05. The molecule has 0 bridgehead atoms. The van der Waals surface area contributed by atoms with Gasteiger partial charge < -0.3 is 9.64 Å². The van der Waals surface area contributed by atoms with Crippen molar-refractivity contribution in [3.8, 4) is 0 Å². The quantitative estimate of drug-likeness (QED) is 0.898. The number of sulfone groups is 1. The Morgan fingerprint density at radius 3 is 2.96 bits per heavy atom. The summed E-state index contributed by atoms with van der Waals surface area (Å²) in [6, 6.07) is 1.40. The fourth-order valence-electron chi connectivity index (χ4n) is 2.63. The van der Waals surface area contributed by atoms with Crippen LogP contribution >= 0.6 is 11.3 Å². The fraction of sp³-hybridized carbons (Fsp3) is 0.429. The topological polar surface area (TPSA) is 92.4 Å². The molecule has 1 aliphatic heterocycles. The molecule has 0 saturated carbocycles. The van der Waals surface area contributed by atoms with Gasteiger partial charge in [0.05, 0.1) is 36.0 Å². The molecule has 1 N–H and O–H groups in total. The van der Waals surface area contributed by atoms with Crippen LogP contribution in [0.1, 0.15) is 27.0 Å². The Hall–Kier alpha value is -1.71. The van der Waals surface area contributed by atoms with Gasteiger partial charge in [0.15, 0.2) is 9.84 Å². The monoisotopic (exact) mass is 355 g/mol. The van der Waals surface area contributed by atoms with Crippen LogP contribution in [0, 0.1) is 6.92 Å². The highest BCUT2D eigenvalue weighted by Crippen LogP contribution is 2.30. The summed E-state index contributed by atoms with van der Waals surface area (Å²) < 4.78 is 29.3. The summed E-state index contributed by atoms with van der Waals surface area (Å²) in [6.45, 7) is 2.95. The summed E-state index contributed by atoms with van der Waals surface area (Å²) in [5, 5.41) is 8.44. The third kappa shape index (κ3) is 3.04. The maximum absolute atomic E-state index is 12.8. The number of aromatic nitrogens is 2. The molecule has 0 spiro atoms. The first-order valence-corrected chi connectivity index (χ1v) is 9.83. The molecule has 2 aromatic rings. The molecular weight excluding hydrogens is 338 g/mol. The molecule has 2 aromatic heterocycles. The van der Waals surface area contributed by atoms with E-state index in [1.165, 1.54) is 17.5 Å². The molecule has 1 amide bonds. The van der Waals surface area contributed by atoms with Crippen LogP contribution in [0.5, 0.6) is 0 Å². The lowest BCUT2D eigenvalue weighted by Gasteiger charge is -2.35. The van der Waals surface area contributed by atoms with E-state index in [0.29, 0.717) is 23.7 Å². The summed E-state index contributed by atoms with van der Waals surface area (Å²) in [5.41, 5.74) is 1.31. The van der Waals surface area contributed by atoms with E-state index < -0.39 is 15.9 Å². The Kier molecular flexibility index (Phi) is 4.26. The zero-order chi connectivity index (χ0) is 16.6. The second-order valence-corrected chi connectivity index (χ2v) is 8.34. The number of aryl methyl sites for hydroxylation is 1. The lowest BCUT2D eigenvalue weighted by Crippen LogP contribution is -2.43. The van der Waals surface area contributed by atoms with Crippen molar-refractivity contribution in [2.75, 3.05) is 26.0 Å². The molecule has 1 fully saturated rings. The molecule has 3 rings (SSSR count). The smallest absolute Gasteiger partial charge is 0.264 e. The highest BCUT2D eigenvalue weighted by Gasteiger charge is 2.34. The number of nitrogens with one attached hydrogen (secondary N) is 1. The van der Waals surface area contributed by atoms with Crippen molar-refractivity contribution in [2.45, 2.75) is 17.9 Å². The van der Waals surface area contributed by atoms with E-state index in [1.54, 1.807) is 4.90 Å². The Morgan fingerprint density at radius 2 is 2.30 bits per heavy atom. The third-order valence-electron chi connectivity index (χ3n) is 3.81. The number of rotatable bonds is 3.